The fourth-order valence-electron chi connectivity index (χ4n) is 2.05. The first-order valence-corrected chi connectivity index (χ1v) is 6.51. The second kappa shape index (κ2) is 5.48. The van der Waals surface area contributed by atoms with Gasteiger partial charge in [0.2, 0.25) is 0 Å². The molecule has 0 unspecified atom stereocenters. The van der Waals surface area contributed by atoms with Crippen LogP contribution in [0.2, 0.25) is 0 Å². The molecule has 0 saturated carbocycles. The van der Waals surface area contributed by atoms with Gasteiger partial charge < -0.3 is 10.0 Å². The third kappa shape index (κ3) is 2.87. The maximum atomic E-state index is 12.2. The van der Waals surface area contributed by atoms with Crippen molar-refractivity contribution in [2.24, 2.45) is 5.92 Å². The lowest BCUT2D eigenvalue weighted by atomic mass is 9.98. The van der Waals surface area contributed by atoms with E-state index in [0.717, 1.165) is 6.42 Å². The Labute approximate surface area is 113 Å². The number of nitrogens with zero attached hydrogens (tertiary/aromatic N) is 2. The Morgan fingerprint density at radius 2 is 2.22 bits per heavy atom. The third-order valence-corrected chi connectivity index (χ3v) is 3.50. The number of halogens is 1. The van der Waals surface area contributed by atoms with Crippen LogP contribution in [-0.2, 0) is 4.79 Å². The van der Waals surface area contributed by atoms with E-state index in [0.29, 0.717) is 23.1 Å². The summed E-state index contributed by atoms with van der Waals surface area (Å²) in [4.78, 5) is 28.7. The second-order valence-electron chi connectivity index (χ2n) is 4.30. The van der Waals surface area contributed by atoms with Crippen molar-refractivity contribution in [3.63, 3.8) is 0 Å². The summed E-state index contributed by atoms with van der Waals surface area (Å²) in [6.45, 7) is 0.892. The number of rotatable bonds is 2. The number of piperidine rings is 1. The molecule has 18 heavy (non-hydrogen) atoms. The first-order chi connectivity index (χ1) is 8.58. The van der Waals surface area contributed by atoms with Crippen LogP contribution in [0.15, 0.2) is 22.9 Å². The summed E-state index contributed by atoms with van der Waals surface area (Å²) in [6, 6.07) is 3.38. The molecule has 5 nitrogen and oxygen atoms in total. The molecule has 0 bridgehead atoms. The number of amides is 1. The highest BCUT2D eigenvalue weighted by Crippen LogP contribution is 2.19. The third-order valence-electron chi connectivity index (χ3n) is 3.03. The molecular formula is C12H13BrN2O3. The van der Waals surface area contributed by atoms with Crippen LogP contribution in [0, 0.1) is 5.92 Å². The molecule has 1 aliphatic heterocycles. The van der Waals surface area contributed by atoms with Crippen LogP contribution in [0.1, 0.15) is 23.2 Å². The van der Waals surface area contributed by atoms with E-state index in [2.05, 4.69) is 20.9 Å². The molecule has 1 N–H and O–H groups in total. The second-order valence-corrected chi connectivity index (χ2v) is 5.11. The van der Waals surface area contributed by atoms with Gasteiger partial charge in [-0.2, -0.15) is 0 Å². The topological polar surface area (TPSA) is 70.5 Å². The van der Waals surface area contributed by atoms with E-state index in [4.69, 9.17) is 5.11 Å². The van der Waals surface area contributed by atoms with Gasteiger partial charge in [0, 0.05) is 19.3 Å². The number of likely N-dealkylation sites (tertiary alicyclic amines) is 1. The van der Waals surface area contributed by atoms with Crippen molar-refractivity contribution in [1.29, 1.82) is 0 Å². The largest absolute Gasteiger partial charge is 0.481 e. The molecule has 2 rings (SSSR count). The van der Waals surface area contributed by atoms with Crippen LogP contribution >= 0.6 is 15.9 Å². The predicted molar refractivity (Wildman–Crippen MR) is 68.2 cm³/mol. The van der Waals surface area contributed by atoms with E-state index in [1.54, 1.807) is 17.0 Å². The minimum absolute atomic E-state index is 0.152. The minimum atomic E-state index is -0.832. The maximum Gasteiger partial charge on any atom is 0.308 e. The van der Waals surface area contributed by atoms with Crippen LogP contribution in [0.25, 0.3) is 0 Å². The lowest BCUT2D eigenvalue weighted by Gasteiger charge is -2.30. The van der Waals surface area contributed by atoms with Crippen molar-refractivity contribution in [3.05, 3.63) is 28.5 Å². The van der Waals surface area contributed by atoms with Crippen LogP contribution in [0.4, 0.5) is 0 Å². The number of pyridine rings is 1. The number of hydrogen-bond donors (Lipinski definition) is 1. The average Bonchev–Trinajstić information content (AvgIpc) is 2.39. The first kappa shape index (κ1) is 13.0. The number of carbonyl (C=O) groups excluding carboxylic acids is 1. The molecular weight excluding hydrogens is 300 g/mol. The number of aliphatic carboxylic acids is 1. The smallest absolute Gasteiger partial charge is 0.308 e. The molecule has 1 aromatic rings. The van der Waals surface area contributed by atoms with Crippen LogP contribution in [0.5, 0.6) is 0 Å². The summed E-state index contributed by atoms with van der Waals surface area (Å²) in [5, 5.41) is 8.99. The molecule has 1 aliphatic rings. The van der Waals surface area contributed by atoms with Crippen molar-refractivity contribution in [3.8, 4) is 0 Å². The number of carboxylic acids is 1. The molecule has 96 valence electrons. The van der Waals surface area contributed by atoms with Gasteiger partial charge in [0.25, 0.3) is 5.91 Å². The number of carboxylic acid groups (broad SMARTS) is 1. The zero-order valence-corrected chi connectivity index (χ0v) is 11.3. The highest BCUT2D eigenvalue weighted by atomic mass is 79.9. The fraction of sp³-hybridized carbons (Fsp3) is 0.417. The monoisotopic (exact) mass is 312 g/mol. The SMILES string of the molecule is O=C(O)[C@@H]1CCCN(C(=O)c2ccc(Br)nc2)C1. The molecule has 1 saturated heterocycles. The van der Waals surface area contributed by atoms with Crippen molar-refractivity contribution in [2.75, 3.05) is 13.1 Å². The number of carbonyl (C=O) groups is 2. The van der Waals surface area contributed by atoms with E-state index in [9.17, 15) is 9.59 Å². The van der Waals surface area contributed by atoms with Crippen molar-refractivity contribution in [2.45, 2.75) is 12.8 Å². The Kier molecular flexibility index (Phi) is 3.96. The molecule has 0 radical (unpaired) electrons. The Bertz CT molecular complexity index is 461. The normalized spacial score (nSPS) is 19.6. The van der Waals surface area contributed by atoms with Gasteiger partial charge in [-0.05, 0) is 40.9 Å². The fourth-order valence-corrected chi connectivity index (χ4v) is 2.28. The molecule has 1 amide bonds. The maximum absolute atomic E-state index is 12.2. The summed E-state index contributed by atoms with van der Waals surface area (Å²) >= 11 is 3.21. The highest BCUT2D eigenvalue weighted by Gasteiger charge is 2.28. The number of aromatic nitrogens is 1. The standard InChI is InChI=1S/C12H13BrN2O3/c13-10-4-3-8(6-14-10)11(16)15-5-1-2-9(7-15)12(17)18/h3-4,6,9H,1-2,5,7H2,(H,17,18)/t9-/m1/s1. The lowest BCUT2D eigenvalue weighted by Crippen LogP contribution is -2.42. The summed E-state index contributed by atoms with van der Waals surface area (Å²) in [5.41, 5.74) is 0.490. The van der Waals surface area contributed by atoms with Gasteiger partial charge in [-0.15, -0.1) is 0 Å². The van der Waals surface area contributed by atoms with Crippen LogP contribution in [0.3, 0.4) is 0 Å². The molecule has 0 aliphatic carbocycles. The van der Waals surface area contributed by atoms with Gasteiger partial charge in [-0.25, -0.2) is 4.98 Å². The van der Waals surface area contributed by atoms with Crippen molar-refractivity contribution >= 4 is 27.8 Å². The summed E-state index contributed by atoms with van der Waals surface area (Å²) in [6.07, 6.45) is 2.86. The summed E-state index contributed by atoms with van der Waals surface area (Å²) in [5.74, 6) is -1.44. The molecule has 2 heterocycles. The first-order valence-electron chi connectivity index (χ1n) is 5.71. The summed E-state index contributed by atoms with van der Waals surface area (Å²) in [7, 11) is 0. The van der Waals surface area contributed by atoms with E-state index in [1.165, 1.54) is 6.20 Å². The van der Waals surface area contributed by atoms with E-state index in [1.807, 2.05) is 0 Å². The van der Waals surface area contributed by atoms with Gasteiger partial charge in [-0.1, -0.05) is 0 Å². The Hall–Kier alpha value is -1.43. The van der Waals surface area contributed by atoms with Gasteiger partial charge in [-0.3, -0.25) is 9.59 Å². The molecule has 0 aromatic carbocycles. The lowest BCUT2D eigenvalue weighted by molar-refractivity contribution is -0.143. The van der Waals surface area contributed by atoms with Crippen molar-refractivity contribution < 1.29 is 14.7 Å². The quantitative estimate of drug-likeness (QED) is 0.845. The Balaban J connectivity index is 2.09. The predicted octanol–water partition coefficient (Wildman–Crippen LogP) is 1.78. The summed E-state index contributed by atoms with van der Waals surface area (Å²) < 4.78 is 0.668. The molecule has 6 heteroatoms. The zero-order valence-electron chi connectivity index (χ0n) is 9.67. The Morgan fingerprint density at radius 1 is 1.44 bits per heavy atom. The van der Waals surface area contributed by atoms with Crippen molar-refractivity contribution in [1.82, 2.24) is 9.88 Å². The average molecular weight is 313 g/mol. The molecule has 0 spiro atoms. The van der Waals surface area contributed by atoms with Gasteiger partial charge in [0.05, 0.1) is 11.5 Å². The van der Waals surface area contributed by atoms with E-state index in [-0.39, 0.29) is 12.5 Å². The zero-order chi connectivity index (χ0) is 13.1. The van der Waals surface area contributed by atoms with E-state index >= 15 is 0 Å². The molecule has 1 atom stereocenters. The molecule has 1 fully saturated rings. The minimum Gasteiger partial charge on any atom is -0.481 e. The van der Waals surface area contributed by atoms with Crippen LogP contribution in [-0.4, -0.2) is 40.0 Å². The van der Waals surface area contributed by atoms with E-state index < -0.39 is 11.9 Å². The highest BCUT2D eigenvalue weighted by molar-refractivity contribution is 9.10. The Morgan fingerprint density at radius 3 is 2.83 bits per heavy atom. The van der Waals surface area contributed by atoms with Gasteiger partial charge in [0.15, 0.2) is 0 Å². The number of hydrogen-bond acceptors (Lipinski definition) is 3. The van der Waals surface area contributed by atoms with Gasteiger partial charge in [0.1, 0.15) is 4.60 Å². The molecule has 1 aromatic heterocycles. The van der Waals surface area contributed by atoms with Gasteiger partial charge >= 0.3 is 5.97 Å². The van der Waals surface area contributed by atoms with Crippen LogP contribution < -0.4 is 0 Å².